The molecule has 0 saturated carbocycles. The third-order valence-electron chi connectivity index (χ3n) is 2.48. The Hall–Kier alpha value is -2.06. The van der Waals surface area contributed by atoms with Gasteiger partial charge < -0.3 is 9.84 Å². The normalized spacial score (nSPS) is 11.4. The number of methoxy groups -OCH3 is 1. The van der Waals surface area contributed by atoms with Crippen molar-refractivity contribution in [3.05, 3.63) is 35.9 Å². The predicted molar refractivity (Wildman–Crippen MR) is 62.7 cm³/mol. The van der Waals surface area contributed by atoms with Gasteiger partial charge in [0.1, 0.15) is 11.7 Å². The van der Waals surface area contributed by atoms with E-state index in [2.05, 4.69) is 0 Å². The van der Waals surface area contributed by atoms with E-state index in [4.69, 9.17) is 9.84 Å². The van der Waals surface area contributed by atoms with Crippen molar-refractivity contribution in [2.45, 2.75) is 12.8 Å². The maximum atomic E-state index is 11.0. The number of aliphatic carboxylic acids is 1. The van der Waals surface area contributed by atoms with Crippen LogP contribution in [0.25, 0.3) is 0 Å². The van der Waals surface area contributed by atoms with Crippen LogP contribution in [0.1, 0.15) is 12.0 Å². The summed E-state index contributed by atoms with van der Waals surface area (Å²) in [6.45, 7) is 0. The first-order chi connectivity index (χ1) is 8.17. The number of carboxylic acid groups (broad SMARTS) is 1. The highest BCUT2D eigenvalue weighted by molar-refractivity contribution is 5.71. The van der Waals surface area contributed by atoms with Crippen molar-refractivity contribution in [2.75, 3.05) is 7.11 Å². The maximum Gasteiger partial charge on any atom is 0.307 e. The molecular formula is C13H14O4. The van der Waals surface area contributed by atoms with Crippen LogP contribution in [0.5, 0.6) is 5.75 Å². The van der Waals surface area contributed by atoms with Crippen molar-refractivity contribution in [3.8, 4) is 5.75 Å². The molecule has 4 nitrogen and oxygen atoms in total. The molecule has 1 aromatic carbocycles. The second-order valence-corrected chi connectivity index (χ2v) is 3.65. The number of hydrogen-bond acceptors (Lipinski definition) is 3. The monoisotopic (exact) mass is 234 g/mol. The van der Waals surface area contributed by atoms with Gasteiger partial charge >= 0.3 is 5.97 Å². The van der Waals surface area contributed by atoms with E-state index in [1.54, 1.807) is 25.2 Å². The van der Waals surface area contributed by atoms with E-state index in [0.29, 0.717) is 6.42 Å². The molecule has 0 heterocycles. The van der Waals surface area contributed by atoms with E-state index in [1.165, 1.54) is 6.08 Å². The SMILES string of the molecule is COc1ccc(CC(CC=C=O)C(=O)O)cc1. The second-order valence-electron chi connectivity index (χ2n) is 3.65. The average molecular weight is 234 g/mol. The summed E-state index contributed by atoms with van der Waals surface area (Å²) in [6.07, 6.45) is 1.80. The molecule has 90 valence electrons. The standard InChI is InChI=1S/C13H14O4/c1-17-12-6-4-10(5-7-12)9-11(13(15)16)3-2-8-14/h2,4-7,11H,3,9H2,1H3,(H,15,16). The van der Waals surface area contributed by atoms with E-state index in [1.807, 2.05) is 12.1 Å². The molecule has 4 heteroatoms. The minimum Gasteiger partial charge on any atom is -0.497 e. The third-order valence-corrected chi connectivity index (χ3v) is 2.48. The highest BCUT2D eigenvalue weighted by Gasteiger charge is 2.16. The lowest BCUT2D eigenvalue weighted by Gasteiger charge is -2.09. The minimum atomic E-state index is -0.910. The molecule has 1 aromatic rings. The Morgan fingerprint density at radius 1 is 1.47 bits per heavy atom. The van der Waals surface area contributed by atoms with Crippen molar-refractivity contribution in [1.82, 2.24) is 0 Å². The van der Waals surface area contributed by atoms with Crippen LogP contribution in [-0.2, 0) is 16.0 Å². The molecule has 0 aliphatic heterocycles. The molecule has 0 bridgehead atoms. The van der Waals surface area contributed by atoms with Crippen molar-refractivity contribution < 1.29 is 19.4 Å². The van der Waals surface area contributed by atoms with Crippen molar-refractivity contribution >= 4 is 11.9 Å². The molecule has 17 heavy (non-hydrogen) atoms. The summed E-state index contributed by atoms with van der Waals surface area (Å²) in [5.74, 6) is 0.826. The fraction of sp³-hybridized carbons (Fsp3) is 0.308. The summed E-state index contributed by atoms with van der Waals surface area (Å²) in [5, 5.41) is 8.99. The number of carbonyl (C=O) groups is 1. The Bertz CT molecular complexity index is 416. The fourth-order valence-corrected chi connectivity index (χ4v) is 1.51. The largest absolute Gasteiger partial charge is 0.497 e. The predicted octanol–water partition coefficient (Wildman–Crippen LogP) is 1.72. The van der Waals surface area contributed by atoms with Crippen LogP contribution in [-0.4, -0.2) is 24.1 Å². The first-order valence-electron chi connectivity index (χ1n) is 5.22. The van der Waals surface area contributed by atoms with Crippen LogP contribution < -0.4 is 4.74 Å². The zero-order chi connectivity index (χ0) is 12.7. The first kappa shape index (κ1) is 13.0. The van der Waals surface area contributed by atoms with E-state index >= 15 is 0 Å². The van der Waals surface area contributed by atoms with Gasteiger partial charge in [-0.05, 0) is 30.5 Å². The molecule has 0 fully saturated rings. The number of hydrogen-bond donors (Lipinski definition) is 1. The number of ether oxygens (including phenoxy) is 1. The average Bonchev–Trinajstić information content (AvgIpc) is 2.35. The molecular weight excluding hydrogens is 220 g/mol. The van der Waals surface area contributed by atoms with Crippen LogP contribution >= 0.6 is 0 Å². The molecule has 0 saturated heterocycles. The van der Waals surface area contributed by atoms with E-state index in [-0.39, 0.29) is 6.42 Å². The second kappa shape index (κ2) is 6.51. The Morgan fingerprint density at radius 3 is 2.59 bits per heavy atom. The quantitative estimate of drug-likeness (QED) is 0.761. The van der Waals surface area contributed by atoms with E-state index < -0.39 is 11.9 Å². The Kier molecular flexibility index (Phi) is 4.98. The molecule has 1 unspecified atom stereocenters. The number of carboxylic acids is 1. The number of benzene rings is 1. The highest BCUT2D eigenvalue weighted by atomic mass is 16.5. The van der Waals surface area contributed by atoms with Crippen molar-refractivity contribution in [1.29, 1.82) is 0 Å². The first-order valence-corrected chi connectivity index (χ1v) is 5.22. The van der Waals surface area contributed by atoms with Crippen LogP contribution in [0.2, 0.25) is 0 Å². The van der Waals surface area contributed by atoms with Gasteiger partial charge in [0.15, 0.2) is 0 Å². The van der Waals surface area contributed by atoms with Crippen LogP contribution in [0, 0.1) is 5.92 Å². The van der Waals surface area contributed by atoms with Crippen LogP contribution in [0.4, 0.5) is 0 Å². The van der Waals surface area contributed by atoms with Crippen LogP contribution in [0.15, 0.2) is 30.3 Å². The van der Waals surface area contributed by atoms with Gasteiger partial charge in [0.05, 0.1) is 13.0 Å². The molecule has 0 spiro atoms. The molecule has 1 N–H and O–H groups in total. The minimum absolute atomic E-state index is 0.199. The lowest BCUT2D eigenvalue weighted by atomic mass is 9.96. The van der Waals surface area contributed by atoms with Gasteiger partial charge in [-0.25, -0.2) is 4.79 Å². The zero-order valence-electron chi connectivity index (χ0n) is 9.55. The Labute approximate surface area is 99.5 Å². The summed E-state index contributed by atoms with van der Waals surface area (Å²) in [7, 11) is 1.57. The van der Waals surface area contributed by atoms with Crippen LogP contribution in [0.3, 0.4) is 0 Å². The van der Waals surface area contributed by atoms with Gasteiger partial charge in [-0.1, -0.05) is 12.1 Å². The van der Waals surface area contributed by atoms with Gasteiger partial charge in [0, 0.05) is 6.08 Å². The number of carbonyl (C=O) groups excluding carboxylic acids is 1. The van der Waals surface area contributed by atoms with Crippen molar-refractivity contribution in [2.24, 2.45) is 5.92 Å². The molecule has 0 aromatic heterocycles. The van der Waals surface area contributed by atoms with Gasteiger partial charge in [0.2, 0.25) is 0 Å². The topological polar surface area (TPSA) is 63.6 Å². The molecule has 1 atom stereocenters. The molecule has 0 amide bonds. The zero-order valence-corrected chi connectivity index (χ0v) is 9.55. The van der Waals surface area contributed by atoms with Gasteiger partial charge in [-0.3, -0.25) is 4.79 Å². The summed E-state index contributed by atoms with van der Waals surface area (Å²) >= 11 is 0. The summed E-state index contributed by atoms with van der Waals surface area (Å²) < 4.78 is 5.01. The van der Waals surface area contributed by atoms with E-state index in [0.717, 1.165) is 11.3 Å². The molecule has 0 radical (unpaired) electrons. The van der Waals surface area contributed by atoms with Gasteiger partial charge in [0.25, 0.3) is 0 Å². The highest BCUT2D eigenvalue weighted by Crippen LogP contribution is 2.16. The third kappa shape index (κ3) is 4.13. The lowest BCUT2D eigenvalue weighted by molar-refractivity contribution is -0.141. The number of allylic oxidation sites excluding steroid dienone is 1. The maximum absolute atomic E-state index is 11.0. The molecule has 0 aliphatic rings. The van der Waals surface area contributed by atoms with Crippen molar-refractivity contribution in [3.63, 3.8) is 0 Å². The number of rotatable bonds is 6. The summed E-state index contributed by atoms with van der Waals surface area (Å²) in [4.78, 5) is 21.0. The molecule has 1 rings (SSSR count). The lowest BCUT2D eigenvalue weighted by Crippen LogP contribution is -2.15. The Balaban J connectivity index is 2.71. The van der Waals surface area contributed by atoms with Gasteiger partial charge in [-0.2, -0.15) is 0 Å². The van der Waals surface area contributed by atoms with E-state index in [9.17, 15) is 9.59 Å². The smallest absolute Gasteiger partial charge is 0.307 e. The summed E-state index contributed by atoms with van der Waals surface area (Å²) in [6, 6.07) is 7.20. The summed E-state index contributed by atoms with van der Waals surface area (Å²) in [5.41, 5.74) is 0.900. The fourth-order valence-electron chi connectivity index (χ4n) is 1.51. The Morgan fingerprint density at radius 2 is 2.12 bits per heavy atom. The van der Waals surface area contributed by atoms with Gasteiger partial charge in [-0.15, -0.1) is 0 Å². The molecule has 0 aliphatic carbocycles.